The molecule has 1 saturated heterocycles. The Bertz CT molecular complexity index is 1610. The van der Waals surface area contributed by atoms with E-state index in [2.05, 4.69) is 38.2 Å². The van der Waals surface area contributed by atoms with Gasteiger partial charge in [-0.1, -0.05) is 16.5 Å². The smallest absolute Gasteiger partial charge is 0.352 e. The molecule has 1 fully saturated rings. The monoisotopic (exact) mass is 594 g/mol. The average molecular weight is 595 g/mol. The van der Waals surface area contributed by atoms with Gasteiger partial charge in [-0.15, -0.1) is 23.1 Å². The maximum Gasteiger partial charge on any atom is 0.352 e. The van der Waals surface area contributed by atoms with Crippen LogP contribution in [-0.2, 0) is 19.2 Å². The van der Waals surface area contributed by atoms with E-state index in [0.29, 0.717) is 21.2 Å². The Morgan fingerprint density at radius 1 is 1.37 bits per heavy atom. The first-order valence-electron chi connectivity index (χ1n) is 10.7. The first-order chi connectivity index (χ1) is 18.1. The van der Waals surface area contributed by atoms with Gasteiger partial charge in [0.15, 0.2) is 10.8 Å². The first-order valence-corrected chi connectivity index (χ1v) is 14.0. The average Bonchev–Trinajstić information content (AvgIpc) is 3.50. The molecule has 3 atom stereocenters. The van der Waals surface area contributed by atoms with Gasteiger partial charge in [0.25, 0.3) is 17.4 Å². The van der Waals surface area contributed by atoms with E-state index in [1.165, 1.54) is 34.8 Å². The molecule has 0 saturated carbocycles. The van der Waals surface area contributed by atoms with Gasteiger partial charge in [-0.3, -0.25) is 19.3 Å². The van der Waals surface area contributed by atoms with E-state index in [1.54, 1.807) is 6.92 Å². The molecule has 38 heavy (non-hydrogen) atoms. The zero-order valence-electron chi connectivity index (χ0n) is 19.5. The number of nitrogens with one attached hydrogen (secondary N) is 1. The highest BCUT2D eigenvalue weighted by Gasteiger charge is 2.55. The number of fused-ring (bicyclic) bond motifs is 2. The van der Waals surface area contributed by atoms with Gasteiger partial charge in [0.2, 0.25) is 4.96 Å². The molecule has 4 N–H and O–H groups in total. The number of rotatable bonds is 7. The number of nitrogen functional groups attached to an aromatic ring is 1. The van der Waals surface area contributed by atoms with Gasteiger partial charge in [0, 0.05) is 22.9 Å². The molecule has 5 rings (SSSR count). The van der Waals surface area contributed by atoms with Crippen LogP contribution in [0.2, 0.25) is 0 Å². The Labute approximate surface area is 231 Å². The highest BCUT2D eigenvalue weighted by Crippen LogP contribution is 2.45. The van der Waals surface area contributed by atoms with Crippen LogP contribution in [0.15, 0.2) is 32.7 Å². The van der Waals surface area contributed by atoms with Crippen molar-refractivity contribution in [3.8, 4) is 0 Å². The second kappa shape index (κ2) is 10.0. The standard InChI is InChI=1S/C20H18N8O6S4/c1-6-3-9(29)23-20-28(6)25-15(38-20)13(35)7-4-36-17-11(16(31)27(17)12(7)18(32)33)24-14(30)10(26-34-2)8-5-37-19(21)22-8/h3,5,11,13,17,35H,4H2,1-2H3,(H2,21,22)(H,24,30)(H,32,33)/t11-,13?,17-/m1/s1. The summed E-state index contributed by atoms with van der Waals surface area (Å²) in [5.74, 6) is -2.43. The third-order valence-corrected chi connectivity index (χ3v) is 9.34. The lowest BCUT2D eigenvalue weighted by atomic mass is 10.0. The van der Waals surface area contributed by atoms with Gasteiger partial charge in [0.1, 0.15) is 34.9 Å². The van der Waals surface area contributed by atoms with Crippen molar-refractivity contribution in [2.45, 2.75) is 23.6 Å². The van der Waals surface area contributed by atoms with Crippen LogP contribution in [0.25, 0.3) is 4.96 Å². The molecule has 3 aromatic rings. The molecule has 0 radical (unpaired) electrons. The van der Waals surface area contributed by atoms with E-state index in [-0.39, 0.29) is 28.0 Å². The van der Waals surface area contributed by atoms with Crippen LogP contribution in [0, 0.1) is 6.92 Å². The maximum atomic E-state index is 13.1. The lowest BCUT2D eigenvalue weighted by Gasteiger charge is -2.49. The number of carbonyl (C=O) groups excluding carboxylic acids is 2. The fraction of sp³-hybridized carbons (Fsp3) is 0.300. The van der Waals surface area contributed by atoms with Crippen LogP contribution < -0.4 is 16.6 Å². The summed E-state index contributed by atoms with van der Waals surface area (Å²) < 4.78 is 1.49. The van der Waals surface area contributed by atoms with E-state index in [4.69, 9.17) is 10.6 Å². The normalized spacial score (nSPS) is 20.2. The summed E-state index contributed by atoms with van der Waals surface area (Å²) in [4.78, 5) is 64.3. The molecule has 3 aromatic heterocycles. The van der Waals surface area contributed by atoms with Crippen molar-refractivity contribution < 1.29 is 24.3 Å². The number of hydrogen-bond donors (Lipinski definition) is 4. The SMILES string of the molecule is CON=C(C(=O)N[C@@H]1C(=O)N2C(C(=O)O)=C(C(S)c3nn4c(C)cc(=O)nc4s3)CS[C@H]12)c1csc(N)n1. The number of carboxylic acid groups (broad SMARTS) is 1. The van der Waals surface area contributed by atoms with Gasteiger partial charge in [-0.2, -0.15) is 22.7 Å². The number of anilines is 1. The summed E-state index contributed by atoms with van der Waals surface area (Å²) in [5, 5.41) is 21.5. The Morgan fingerprint density at radius 2 is 2.13 bits per heavy atom. The molecule has 0 bridgehead atoms. The zero-order chi connectivity index (χ0) is 27.3. The molecule has 2 aliphatic rings. The van der Waals surface area contributed by atoms with E-state index in [9.17, 15) is 24.3 Å². The van der Waals surface area contributed by atoms with Crippen molar-refractivity contribution in [1.29, 1.82) is 0 Å². The molecule has 2 amide bonds. The number of amides is 2. The van der Waals surface area contributed by atoms with E-state index in [1.807, 2.05) is 0 Å². The second-order valence-corrected chi connectivity index (χ2v) is 11.5. The largest absolute Gasteiger partial charge is 0.477 e. The summed E-state index contributed by atoms with van der Waals surface area (Å²) in [6.07, 6.45) is 0. The predicted octanol–water partition coefficient (Wildman–Crippen LogP) is 0.258. The lowest BCUT2D eigenvalue weighted by molar-refractivity contribution is -0.150. The third kappa shape index (κ3) is 4.42. The molecule has 18 heteroatoms. The number of oxime groups is 1. The molecule has 14 nitrogen and oxygen atoms in total. The Kier molecular flexibility index (Phi) is 6.88. The van der Waals surface area contributed by atoms with E-state index in [0.717, 1.165) is 27.6 Å². The number of aryl methyl sites for hydroxylation is 1. The number of hydrogen-bond acceptors (Lipinski definition) is 14. The van der Waals surface area contributed by atoms with Crippen LogP contribution in [0.3, 0.4) is 0 Å². The molecular formula is C20H18N8O6S4. The minimum atomic E-state index is -1.31. The quantitative estimate of drug-likeness (QED) is 0.127. The van der Waals surface area contributed by atoms with Gasteiger partial charge >= 0.3 is 5.97 Å². The van der Waals surface area contributed by atoms with Crippen LogP contribution >= 0.6 is 47.1 Å². The molecule has 198 valence electrons. The van der Waals surface area contributed by atoms with Crippen LogP contribution in [0.1, 0.15) is 21.6 Å². The number of carbonyl (C=O) groups is 3. The molecule has 2 aliphatic heterocycles. The van der Waals surface area contributed by atoms with Crippen LogP contribution in [0.4, 0.5) is 5.13 Å². The molecule has 0 spiro atoms. The summed E-state index contributed by atoms with van der Waals surface area (Å²) in [7, 11) is 1.26. The van der Waals surface area contributed by atoms with Crippen molar-refractivity contribution in [3.63, 3.8) is 0 Å². The molecular weight excluding hydrogens is 577 g/mol. The lowest BCUT2D eigenvalue weighted by Crippen LogP contribution is -2.71. The predicted molar refractivity (Wildman–Crippen MR) is 143 cm³/mol. The second-order valence-electron chi connectivity index (χ2n) is 8.01. The van der Waals surface area contributed by atoms with Gasteiger partial charge in [0.05, 0.1) is 5.25 Å². The minimum absolute atomic E-state index is 0.170. The topological polar surface area (TPSA) is 194 Å². The Balaban J connectivity index is 1.41. The summed E-state index contributed by atoms with van der Waals surface area (Å²) in [6, 6.07) is 0.340. The van der Waals surface area contributed by atoms with Gasteiger partial charge < -0.3 is 21.0 Å². The first kappa shape index (κ1) is 26.1. The van der Waals surface area contributed by atoms with Gasteiger partial charge in [-0.25, -0.2) is 14.3 Å². The Hall–Kier alpha value is -3.48. The van der Waals surface area contributed by atoms with Crippen molar-refractivity contribution in [1.82, 2.24) is 29.8 Å². The summed E-state index contributed by atoms with van der Waals surface area (Å²) in [6.45, 7) is 1.70. The third-order valence-electron chi connectivity index (χ3n) is 5.66. The number of aromatic nitrogens is 4. The fourth-order valence-corrected chi connectivity index (χ4v) is 7.43. The van der Waals surface area contributed by atoms with E-state index < -0.39 is 40.0 Å². The molecule has 0 aliphatic carbocycles. The fourth-order valence-electron chi connectivity index (χ4n) is 3.98. The van der Waals surface area contributed by atoms with E-state index >= 15 is 0 Å². The van der Waals surface area contributed by atoms with Crippen molar-refractivity contribution in [3.05, 3.63) is 49.5 Å². The number of thioether (sulfide) groups is 1. The van der Waals surface area contributed by atoms with Crippen molar-refractivity contribution in [2.75, 3.05) is 18.6 Å². The minimum Gasteiger partial charge on any atom is -0.477 e. The highest BCUT2D eigenvalue weighted by atomic mass is 32.2. The number of thiazole rings is 1. The number of nitrogens with zero attached hydrogens (tertiary/aromatic N) is 6. The number of aliphatic carboxylic acids is 1. The number of carboxylic acids is 1. The van der Waals surface area contributed by atoms with Crippen molar-refractivity contribution in [2.24, 2.45) is 5.16 Å². The van der Waals surface area contributed by atoms with Crippen LogP contribution in [-0.4, -0.2) is 77.4 Å². The zero-order valence-corrected chi connectivity index (χ0v) is 22.9. The summed E-state index contributed by atoms with van der Waals surface area (Å²) >= 11 is 8.11. The number of β-lactam (4-membered cyclic amide) rings is 1. The number of nitrogens with two attached hydrogens (primary N) is 1. The maximum absolute atomic E-state index is 13.1. The highest BCUT2D eigenvalue weighted by molar-refractivity contribution is 8.00. The van der Waals surface area contributed by atoms with Crippen LogP contribution in [0.5, 0.6) is 0 Å². The van der Waals surface area contributed by atoms with Gasteiger partial charge in [-0.05, 0) is 12.5 Å². The summed E-state index contributed by atoms with van der Waals surface area (Å²) in [5.41, 5.74) is 5.96. The van der Waals surface area contributed by atoms with Crippen molar-refractivity contribution >= 4 is 80.7 Å². The number of thiol groups is 1. The molecule has 5 heterocycles. The Morgan fingerprint density at radius 3 is 2.79 bits per heavy atom. The molecule has 1 unspecified atom stereocenters. The molecule has 0 aromatic carbocycles.